The van der Waals surface area contributed by atoms with E-state index >= 15 is 0 Å². The van der Waals surface area contributed by atoms with Crippen LogP contribution < -0.4 is 5.32 Å². The van der Waals surface area contributed by atoms with E-state index in [0.29, 0.717) is 23.9 Å². The molecule has 1 heterocycles. The third-order valence-electron chi connectivity index (χ3n) is 3.63. The standard InChI is InChI=1S/C16H16F3NO/c1-10-2-3-11(16(17,18)19)8-14(10)15-7-6-13(21-15)9-20-12-4-5-12/h2-3,6-8,12,20H,4-5,9H2,1H3. The van der Waals surface area contributed by atoms with Crippen LogP contribution in [-0.2, 0) is 12.7 Å². The quantitative estimate of drug-likeness (QED) is 0.896. The molecular formula is C16H16F3NO. The van der Waals surface area contributed by atoms with Crippen LogP contribution in [0, 0.1) is 6.92 Å². The van der Waals surface area contributed by atoms with E-state index in [1.807, 2.05) is 6.07 Å². The van der Waals surface area contributed by atoms with E-state index < -0.39 is 11.7 Å². The average Bonchev–Trinajstić information content (AvgIpc) is 3.13. The van der Waals surface area contributed by atoms with E-state index in [1.54, 1.807) is 13.0 Å². The lowest BCUT2D eigenvalue weighted by atomic mass is 10.0. The molecule has 0 unspecified atom stereocenters. The van der Waals surface area contributed by atoms with Crippen LogP contribution in [0.2, 0.25) is 0 Å². The van der Waals surface area contributed by atoms with Gasteiger partial charge >= 0.3 is 6.18 Å². The molecule has 0 amide bonds. The lowest BCUT2D eigenvalue weighted by Crippen LogP contribution is -2.14. The smallest absolute Gasteiger partial charge is 0.416 e. The van der Waals surface area contributed by atoms with Gasteiger partial charge in [-0.15, -0.1) is 0 Å². The molecule has 1 fully saturated rings. The van der Waals surface area contributed by atoms with E-state index in [0.717, 1.165) is 23.5 Å². The second-order valence-corrected chi connectivity index (χ2v) is 5.45. The van der Waals surface area contributed by atoms with E-state index in [-0.39, 0.29) is 0 Å². The van der Waals surface area contributed by atoms with Crippen LogP contribution in [0.15, 0.2) is 34.7 Å². The van der Waals surface area contributed by atoms with Crippen molar-refractivity contribution in [3.63, 3.8) is 0 Å². The summed E-state index contributed by atoms with van der Waals surface area (Å²) in [6.45, 7) is 2.39. The highest BCUT2D eigenvalue weighted by Crippen LogP contribution is 2.34. The van der Waals surface area contributed by atoms with Gasteiger partial charge < -0.3 is 9.73 Å². The first-order valence-corrected chi connectivity index (χ1v) is 6.94. The van der Waals surface area contributed by atoms with E-state index in [1.165, 1.54) is 18.9 Å². The molecule has 0 radical (unpaired) electrons. The third-order valence-corrected chi connectivity index (χ3v) is 3.63. The van der Waals surface area contributed by atoms with Gasteiger partial charge in [0.15, 0.2) is 0 Å². The zero-order valence-electron chi connectivity index (χ0n) is 11.6. The van der Waals surface area contributed by atoms with Crippen LogP contribution in [0.4, 0.5) is 13.2 Å². The molecule has 21 heavy (non-hydrogen) atoms. The van der Waals surface area contributed by atoms with Gasteiger partial charge in [-0.1, -0.05) is 6.07 Å². The van der Waals surface area contributed by atoms with Crippen LogP contribution >= 0.6 is 0 Å². The summed E-state index contributed by atoms with van der Waals surface area (Å²) >= 11 is 0. The normalized spacial score (nSPS) is 15.4. The molecule has 1 aliphatic rings. The molecule has 1 saturated carbocycles. The van der Waals surface area contributed by atoms with Gasteiger partial charge in [-0.3, -0.25) is 0 Å². The fourth-order valence-electron chi connectivity index (χ4n) is 2.21. The first kappa shape index (κ1) is 14.2. The molecule has 1 N–H and O–H groups in total. The maximum Gasteiger partial charge on any atom is 0.416 e. The number of furan rings is 1. The minimum Gasteiger partial charge on any atom is -0.460 e. The number of benzene rings is 1. The second-order valence-electron chi connectivity index (χ2n) is 5.45. The van der Waals surface area contributed by atoms with Crippen LogP contribution in [0.25, 0.3) is 11.3 Å². The molecule has 0 bridgehead atoms. The van der Waals surface area contributed by atoms with Crippen molar-refractivity contribution >= 4 is 0 Å². The highest BCUT2D eigenvalue weighted by molar-refractivity contribution is 5.63. The first-order valence-electron chi connectivity index (χ1n) is 6.94. The highest BCUT2D eigenvalue weighted by atomic mass is 19.4. The Hall–Kier alpha value is -1.75. The molecule has 5 heteroatoms. The molecule has 0 spiro atoms. The van der Waals surface area contributed by atoms with Gasteiger partial charge in [-0.05, 0) is 49.6 Å². The molecule has 2 nitrogen and oxygen atoms in total. The van der Waals surface area contributed by atoms with E-state index in [2.05, 4.69) is 5.32 Å². The third kappa shape index (κ3) is 3.29. The Balaban J connectivity index is 1.84. The Morgan fingerprint density at radius 3 is 2.62 bits per heavy atom. The van der Waals surface area contributed by atoms with Gasteiger partial charge in [0.1, 0.15) is 11.5 Å². The SMILES string of the molecule is Cc1ccc(C(F)(F)F)cc1-c1ccc(CNC2CC2)o1. The summed E-state index contributed by atoms with van der Waals surface area (Å²) in [5, 5.41) is 3.31. The van der Waals surface area contributed by atoms with Crippen LogP contribution in [0.3, 0.4) is 0 Å². The number of hydrogen-bond acceptors (Lipinski definition) is 2. The molecular weight excluding hydrogens is 279 g/mol. The van der Waals surface area contributed by atoms with Crippen molar-refractivity contribution in [1.82, 2.24) is 5.32 Å². The number of hydrogen-bond donors (Lipinski definition) is 1. The van der Waals surface area contributed by atoms with Crippen molar-refractivity contribution in [3.8, 4) is 11.3 Å². The summed E-state index contributed by atoms with van der Waals surface area (Å²) in [6, 6.07) is 7.82. The second kappa shape index (κ2) is 5.22. The fourth-order valence-corrected chi connectivity index (χ4v) is 2.21. The van der Waals surface area contributed by atoms with Gasteiger partial charge in [-0.2, -0.15) is 13.2 Å². The maximum atomic E-state index is 12.8. The van der Waals surface area contributed by atoms with Crippen LogP contribution in [-0.4, -0.2) is 6.04 Å². The van der Waals surface area contributed by atoms with Crippen LogP contribution in [0.5, 0.6) is 0 Å². The van der Waals surface area contributed by atoms with Crippen molar-refractivity contribution in [2.45, 2.75) is 38.5 Å². The number of rotatable bonds is 4. The lowest BCUT2D eigenvalue weighted by molar-refractivity contribution is -0.137. The van der Waals surface area contributed by atoms with Gasteiger partial charge in [0.2, 0.25) is 0 Å². The fraction of sp³-hybridized carbons (Fsp3) is 0.375. The van der Waals surface area contributed by atoms with Gasteiger partial charge in [0, 0.05) is 11.6 Å². The monoisotopic (exact) mass is 295 g/mol. The Bertz CT molecular complexity index is 641. The largest absolute Gasteiger partial charge is 0.460 e. The van der Waals surface area contributed by atoms with Crippen molar-refractivity contribution < 1.29 is 17.6 Å². The van der Waals surface area contributed by atoms with Crippen molar-refractivity contribution in [2.24, 2.45) is 0 Å². The number of nitrogens with one attached hydrogen (secondary N) is 1. The van der Waals surface area contributed by atoms with Gasteiger partial charge in [0.25, 0.3) is 0 Å². The maximum absolute atomic E-state index is 12.8. The number of aryl methyl sites for hydroxylation is 1. The molecule has 1 aromatic heterocycles. The lowest BCUT2D eigenvalue weighted by Gasteiger charge is -2.10. The van der Waals surface area contributed by atoms with E-state index in [9.17, 15) is 13.2 Å². The minimum atomic E-state index is -4.34. The predicted octanol–water partition coefficient (Wildman–Crippen LogP) is 4.53. The predicted molar refractivity (Wildman–Crippen MR) is 73.7 cm³/mol. The molecule has 1 aliphatic carbocycles. The Labute approximate surface area is 121 Å². The molecule has 0 atom stereocenters. The molecule has 112 valence electrons. The molecule has 0 saturated heterocycles. The van der Waals surface area contributed by atoms with Crippen molar-refractivity contribution in [3.05, 3.63) is 47.2 Å². The first-order chi connectivity index (χ1) is 9.93. The summed E-state index contributed by atoms with van der Waals surface area (Å²) in [7, 11) is 0. The zero-order valence-corrected chi connectivity index (χ0v) is 11.6. The Morgan fingerprint density at radius 1 is 1.19 bits per heavy atom. The van der Waals surface area contributed by atoms with Crippen molar-refractivity contribution in [1.29, 1.82) is 0 Å². The molecule has 2 aromatic rings. The summed E-state index contributed by atoms with van der Waals surface area (Å²) < 4.78 is 44.1. The van der Waals surface area contributed by atoms with Gasteiger partial charge in [-0.25, -0.2) is 0 Å². The highest BCUT2D eigenvalue weighted by Gasteiger charge is 2.31. The summed E-state index contributed by atoms with van der Waals surface area (Å²) in [4.78, 5) is 0. The topological polar surface area (TPSA) is 25.2 Å². The summed E-state index contributed by atoms with van der Waals surface area (Å²) in [5.74, 6) is 1.22. The van der Waals surface area contributed by atoms with Crippen LogP contribution in [0.1, 0.15) is 29.7 Å². The summed E-state index contributed by atoms with van der Waals surface area (Å²) in [5.41, 5.74) is 0.596. The Morgan fingerprint density at radius 2 is 1.95 bits per heavy atom. The number of alkyl halides is 3. The Kier molecular flexibility index (Phi) is 3.53. The van der Waals surface area contributed by atoms with Crippen molar-refractivity contribution in [2.75, 3.05) is 0 Å². The zero-order chi connectivity index (χ0) is 15.0. The van der Waals surface area contributed by atoms with E-state index in [4.69, 9.17) is 4.42 Å². The number of halogens is 3. The molecule has 1 aromatic carbocycles. The summed E-state index contributed by atoms with van der Waals surface area (Å²) in [6.07, 6.45) is -1.98. The average molecular weight is 295 g/mol. The molecule has 3 rings (SSSR count). The van der Waals surface area contributed by atoms with Gasteiger partial charge in [0.05, 0.1) is 12.1 Å². The minimum absolute atomic E-state index is 0.478. The molecule has 0 aliphatic heterocycles.